The van der Waals surface area contributed by atoms with Gasteiger partial charge in [0.25, 0.3) is 5.92 Å². The third kappa shape index (κ3) is 3.66. The van der Waals surface area contributed by atoms with Gasteiger partial charge in [0.2, 0.25) is 5.75 Å². The molecule has 1 rings (SSSR count). The molecular formula is C10H16F2N4O2. The summed E-state index contributed by atoms with van der Waals surface area (Å²) in [6, 6.07) is 0. The number of nitrogens with zero attached hydrogens (tertiary/aromatic N) is 2. The Kier molecular flexibility index (Phi) is 5.02. The van der Waals surface area contributed by atoms with E-state index < -0.39 is 19.1 Å². The topological polar surface area (TPSA) is 79.3 Å². The van der Waals surface area contributed by atoms with Gasteiger partial charge in [-0.3, -0.25) is 0 Å². The number of ether oxygens (including phenoxy) is 1. The first-order chi connectivity index (χ1) is 8.54. The average Bonchev–Trinajstić information content (AvgIpc) is 2.37. The number of halogens is 2. The van der Waals surface area contributed by atoms with E-state index in [1.54, 1.807) is 0 Å². The van der Waals surface area contributed by atoms with Crippen molar-refractivity contribution in [2.24, 2.45) is 0 Å². The number of aliphatic hydroxyl groups excluding tert-OH is 1. The molecule has 0 spiro atoms. The van der Waals surface area contributed by atoms with Crippen molar-refractivity contribution in [1.82, 2.24) is 9.97 Å². The zero-order chi connectivity index (χ0) is 13.6. The van der Waals surface area contributed by atoms with Gasteiger partial charge in [-0.25, -0.2) is 18.7 Å². The van der Waals surface area contributed by atoms with E-state index in [-0.39, 0.29) is 11.6 Å². The normalized spacial score (nSPS) is 11.2. The quantitative estimate of drug-likeness (QED) is 0.679. The molecule has 0 aromatic carbocycles. The number of alkyl halides is 2. The molecule has 8 heteroatoms. The van der Waals surface area contributed by atoms with Crippen molar-refractivity contribution in [1.29, 1.82) is 0 Å². The monoisotopic (exact) mass is 262 g/mol. The summed E-state index contributed by atoms with van der Waals surface area (Å²) >= 11 is 0. The lowest BCUT2D eigenvalue weighted by molar-refractivity contribution is -0.0373. The van der Waals surface area contributed by atoms with Gasteiger partial charge in [0.05, 0.1) is 13.7 Å². The van der Waals surface area contributed by atoms with E-state index in [1.807, 2.05) is 6.92 Å². The highest BCUT2D eigenvalue weighted by Crippen LogP contribution is 2.29. The maximum atomic E-state index is 12.9. The molecule has 0 aliphatic heterocycles. The molecule has 0 amide bonds. The van der Waals surface area contributed by atoms with Gasteiger partial charge in [0, 0.05) is 6.54 Å². The van der Waals surface area contributed by atoms with Crippen LogP contribution in [0.4, 0.5) is 20.4 Å². The van der Waals surface area contributed by atoms with Crippen molar-refractivity contribution >= 4 is 11.6 Å². The molecule has 1 aromatic rings. The van der Waals surface area contributed by atoms with Crippen LogP contribution in [-0.2, 0) is 0 Å². The van der Waals surface area contributed by atoms with Crippen molar-refractivity contribution in [3.8, 4) is 5.75 Å². The van der Waals surface area contributed by atoms with Gasteiger partial charge in [-0.15, -0.1) is 0 Å². The van der Waals surface area contributed by atoms with E-state index in [2.05, 4.69) is 20.6 Å². The van der Waals surface area contributed by atoms with Crippen LogP contribution in [0.1, 0.15) is 6.92 Å². The highest BCUT2D eigenvalue weighted by molar-refractivity contribution is 5.63. The number of hydrogen-bond donors (Lipinski definition) is 3. The molecule has 1 aromatic heterocycles. The molecule has 0 unspecified atom stereocenters. The molecule has 0 bridgehead atoms. The van der Waals surface area contributed by atoms with Crippen LogP contribution < -0.4 is 15.4 Å². The summed E-state index contributed by atoms with van der Waals surface area (Å²) in [5, 5.41) is 13.8. The predicted molar refractivity (Wildman–Crippen MR) is 63.3 cm³/mol. The Bertz CT molecular complexity index is 390. The summed E-state index contributed by atoms with van der Waals surface area (Å²) in [5.74, 6) is -2.39. The van der Waals surface area contributed by atoms with Crippen molar-refractivity contribution < 1.29 is 18.6 Å². The zero-order valence-electron chi connectivity index (χ0n) is 10.2. The highest BCUT2D eigenvalue weighted by Gasteiger charge is 2.28. The molecule has 0 aliphatic rings. The van der Waals surface area contributed by atoms with E-state index in [0.29, 0.717) is 12.4 Å². The molecule has 6 nitrogen and oxygen atoms in total. The summed E-state index contributed by atoms with van der Waals surface area (Å²) in [6.45, 7) is 0.518. The molecule has 0 atom stereocenters. The maximum absolute atomic E-state index is 12.9. The molecule has 102 valence electrons. The van der Waals surface area contributed by atoms with Gasteiger partial charge in [0.15, 0.2) is 11.6 Å². The van der Waals surface area contributed by atoms with Crippen LogP contribution in [0.3, 0.4) is 0 Å². The van der Waals surface area contributed by atoms with E-state index in [4.69, 9.17) is 9.84 Å². The summed E-state index contributed by atoms with van der Waals surface area (Å²) in [5.41, 5.74) is 0. The van der Waals surface area contributed by atoms with E-state index >= 15 is 0 Å². The largest absolute Gasteiger partial charge is 0.490 e. The Hall–Kier alpha value is -1.70. The number of methoxy groups -OCH3 is 1. The average molecular weight is 262 g/mol. The van der Waals surface area contributed by atoms with E-state index in [0.717, 1.165) is 0 Å². The third-order valence-electron chi connectivity index (χ3n) is 2.10. The van der Waals surface area contributed by atoms with Crippen LogP contribution >= 0.6 is 0 Å². The van der Waals surface area contributed by atoms with Gasteiger partial charge in [-0.05, 0) is 6.92 Å². The lowest BCUT2D eigenvalue weighted by Crippen LogP contribution is -2.31. The molecule has 0 aliphatic carbocycles. The van der Waals surface area contributed by atoms with Crippen LogP contribution in [-0.4, -0.2) is 47.8 Å². The van der Waals surface area contributed by atoms with Gasteiger partial charge in [-0.2, -0.15) is 0 Å². The number of anilines is 2. The second-order valence-electron chi connectivity index (χ2n) is 3.50. The Morgan fingerprint density at radius 2 is 1.94 bits per heavy atom. The minimum Gasteiger partial charge on any atom is -0.490 e. The Balaban J connectivity index is 2.85. The van der Waals surface area contributed by atoms with Crippen molar-refractivity contribution in [3.05, 3.63) is 6.33 Å². The summed E-state index contributed by atoms with van der Waals surface area (Å²) in [4.78, 5) is 7.77. The van der Waals surface area contributed by atoms with Crippen LogP contribution in [0.2, 0.25) is 0 Å². The fraction of sp³-hybridized carbons (Fsp3) is 0.600. The first-order valence-corrected chi connectivity index (χ1v) is 5.39. The van der Waals surface area contributed by atoms with E-state index in [9.17, 15) is 8.78 Å². The molecule has 3 N–H and O–H groups in total. The van der Waals surface area contributed by atoms with Gasteiger partial charge in [0.1, 0.15) is 12.9 Å². The van der Waals surface area contributed by atoms with Gasteiger partial charge in [-0.1, -0.05) is 0 Å². The van der Waals surface area contributed by atoms with Crippen molar-refractivity contribution in [2.45, 2.75) is 12.8 Å². The fourth-order valence-corrected chi connectivity index (χ4v) is 1.26. The van der Waals surface area contributed by atoms with Crippen molar-refractivity contribution in [3.63, 3.8) is 0 Å². The molecule has 0 radical (unpaired) electrons. The molecule has 1 heterocycles. The first kappa shape index (κ1) is 14.4. The minimum absolute atomic E-state index is 0.150. The van der Waals surface area contributed by atoms with Crippen LogP contribution in [0.25, 0.3) is 0 Å². The summed E-state index contributed by atoms with van der Waals surface area (Å²) < 4.78 is 30.9. The number of aliphatic hydroxyl groups is 1. The van der Waals surface area contributed by atoms with Gasteiger partial charge < -0.3 is 20.5 Å². The highest BCUT2D eigenvalue weighted by atomic mass is 19.3. The second-order valence-corrected chi connectivity index (χ2v) is 3.50. The fourth-order valence-electron chi connectivity index (χ4n) is 1.26. The van der Waals surface area contributed by atoms with Crippen LogP contribution in [0.5, 0.6) is 5.75 Å². The summed E-state index contributed by atoms with van der Waals surface area (Å²) in [6.07, 6.45) is 1.24. The maximum Gasteiger partial charge on any atom is 0.287 e. The Morgan fingerprint density at radius 1 is 1.33 bits per heavy atom. The molecule has 18 heavy (non-hydrogen) atoms. The van der Waals surface area contributed by atoms with Crippen LogP contribution in [0, 0.1) is 0 Å². The number of aromatic nitrogens is 2. The Morgan fingerprint density at radius 3 is 2.44 bits per heavy atom. The first-order valence-electron chi connectivity index (χ1n) is 5.39. The second kappa shape index (κ2) is 6.29. The standard InChI is InChI=1S/C10H16F2N4O2/c1-3-13-8-7(18-2)9(16-6-15-8)14-4-10(11,12)5-17/h6,17H,3-5H2,1-2H3,(H2,13,14,15,16). The lowest BCUT2D eigenvalue weighted by atomic mass is 10.3. The molecule has 0 fully saturated rings. The number of rotatable bonds is 7. The van der Waals surface area contributed by atoms with Crippen LogP contribution in [0.15, 0.2) is 6.33 Å². The lowest BCUT2D eigenvalue weighted by Gasteiger charge is -2.17. The molecular weight excluding hydrogens is 246 g/mol. The minimum atomic E-state index is -3.21. The number of hydrogen-bond acceptors (Lipinski definition) is 6. The SMILES string of the molecule is CCNc1ncnc(NCC(F)(F)CO)c1OC. The van der Waals surface area contributed by atoms with Crippen molar-refractivity contribution in [2.75, 3.05) is 37.4 Å². The molecule has 0 saturated heterocycles. The summed E-state index contributed by atoms with van der Waals surface area (Å²) in [7, 11) is 1.40. The van der Waals surface area contributed by atoms with Gasteiger partial charge >= 0.3 is 0 Å². The third-order valence-corrected chi connectivity index (χ3v) is 2.10. The molecule has 0 saturated carbocycles. The Labute approximate surface area is 103 Å². The predicted octanol–water partition coefficient (Wildman–Crippen LogP) is 0.956. The smallest absolute Gasteiger partial charge is 0.287 e. The van der Waals surface area contributed by atoms with E-state index in [1.165, 1.54) is 13.4 Å². The zero-order valence-corrected chi connectivity index (χ0v) is 10.2. The number of nitrogens with one attached hydrogen (secondary N) is 2.